The zero-order valence-electron chi connectivity index (χ0n) is 10.8. The van der Waals surface area contributed by atoms with E-state index in [1.807, 2.05) is 49.6 Å². The van der Waals surface area contributed by atoms with E-state index in [-0.39, 0.29) is 11.9 Å². The van der Waals surface area contributed by atoms with Gasteiger partial charge in [0.1, 0.15) is 10.7 Å². The fourth-order valence-electron chi connectivity index (χ4n) is 1.50. The van der Waals surface area contributed by atoms with Crippen molar-refractivity contribution >= 4 is 17.2 Å². The molecule has 0 fully saturated rings. The number of hydrogen-bond acceptors (Lipinski definition) is 3. The molecule has 1 amide bonds. The van der Waals surface area contributed by atoms with E-state index in [1.165, 1.54) is 11.3 Å². The summed E-state index contributed by atoms with van der Waals surface area (Å²) in [5.74, 6) is -0.0246. The minimum Gasteiger partial charge on any atom is -0.338 e. The van der Waals surface area contributed by atoms with E-state index in [0.29, 0.717) is 5.69 Å². The zero-order chi connectivity index (χ0) is 13.1. The predicted octanol–water partition coefficient (Wildman–Crippen LogP) is 3.29. The van der Waals surface area contributed by atoms with Crippen molar-refractivity contribution in [2.45, 2.75) is 19.9 Å². The van der Waals surface area contributed by atoms with Gasteiger partial charge in [0.25, 0.3) is 5.91 Å². The Bertz CT molecular complexity index is 534. The van der Waals surface area contributed by atoms with Crippen molar-refractivity contribution in [2.24, 2.45) is 0 Å². The van der Waals surface area contributed by atoms with Crippen LogP contribution in [0.5, 0.6) is 0 Å². The van der Waals surface area contributed by atoms with Crippen molar-refractivity contribution in [3.8, 4) is 10.6 Å². The first-order valence-corrected chi connectivity index (χ1v) is 6.75. The van der Waals surface area contributed by atoms with Gasteiger partial charge in [-0.1, -0.05) is 30.3 Å². The lowest BCUT2D eigenvalue weighted by molar-refractivity contribution is 0.0750. The second-order valence-electron chi connectivity index (χ2n) is 4.41. The summed E-state index contributed by atoms with van der Waals surface area (Å²) in [6.07, 6.45) is 0. The Morgan fingerprint density at radius 1 is 1.28 bits per heavy atom. The summed E-state index contributed by atoms with van der Waals surface area (Å²) in [6.45, 7) is 3.98. The molecule has 0 aliphatic carbocycles. The zero-order valence-corrected chi connectivity index (χ0v) is 11.6. The van der Waals surface area contributed by atoms with E-state index in [1.54, 1.807) is 11.9 Å². The first kappa shape index (κ1) is 12.8. The predicted molar refractivity (Wildman–Crippen MR) is 74.8 cm³/mol. The van der Waals surface area contributed by atoms with Gasteiger partial charge in [-0.2, -0.15) is 0 Å². The van der Waals surface area contributed by atoms with Crippen molar-refractivity contribution in [3.05, 3.63) is 41.4 Å². The molecule has 2 aromatic rings. The van der Waals surface area contributed by atoms with E-state index >= 15 is 0 Å². The first-order valence-electron chi connectivity index (χ1n) is 5.87. The lowest BCUT2D eigenvalue weighted by Gasteiger charge is -2.19. The Hall–Kier alpha value is -1.68. The molecule has 3 nitrogen and oxygen atoms in total. The van der Waals surface area contributed by atoms with Gasteiger partial charge < -0.3 is 4.90 Å². The van der Waals surface area contributed by atoms with Crippen LogP contribution in [-0.4, -0.2) is 28.9 Å². The molecule has 0 atom stereocenters. The fourth-order valence-corrected chi connectivity index (χ4v) is 2.30. The minimum absolute atomic E-state index is 0.0246. The lowest BCUT2D eigenvalue weighted by atomic mass is 10.2. The summed E-state index contributed by atoms with van der Waals surface area (Å²) in [6, 6.07) is 10.1. The van der Waals surface area contributed by atoms with Gasteiger partial charge >= 0.3 is 0 Å². The SMILES string of the molecule is CC(C)N(C)C(=O)c1csc(-c2ccccc2)n1. The summed E-state index contributed by atoms with van der Waals surface area (Å²) in [5, 5.41) is 2.71. The van der Waals surface area contributed by atoms with Gasteiger partial charge in [-0.3, -0.25) is 4.79 Å². The van der Waals surface area contributed by atoms with Gasteiger partial charge in [0.15, 0.2) is 0 Å². The Balaban J connectivity index is 2.24. The fraction of sp³-hybridized carbons (Fsp3) is 0.286. The van der Waals surface area contributed by atoms with Crippen molar-refractivity contribution in [3.63, 3.8) is 0 Å². The van der Waals surface area contributed by atoms with Crippen LogP contribution in [-0.2, 0) is 0 Å². The number of carbonyl (C=O) groups excluding carboxylic acids is 1. The molecule has 0 radical (unpaired) electrons. The molecule has 0 spiro atoms. The first-order chi connectivity index (χ1) is 8.59. The molecule has 1 aromatic heterocycles. The van der Waals surface area contributed by atoms with Crippen LogP contribution in [0.3, 0.4) is 0 Å². The molecule has 0 saturated carbocycles. The summed E-state index contributed by atoms with van der Waals surface area (Å²) in [5.41, 5.74) is 1.57. The normalized spacial score (nSPS) is 10.7. The molecule has 0 saturated heterocycles. The third kappa shape index (κ3) is 2.59. The average molecular weight is 260 g/mol. The molecule has 0 N–H and O–H groups in total. The summed E-state index contributed by atoms with van der Waals surface area (Å²) in [7, 11) is 1.80. The second kappa shape index (κ2) is 5.31. The van der Waals surface area contributed by atoms with Crippen LogP contribution in [0, 0.1) is 0 Å². The van der Waals surface area contributed by atoms with Crippen LogP contribution in [0.15, 0.2) is 35.7 Å². The van der Waals surface area contributed by atoms with E-state index in [0.717, 1.165) is 10.6 Å². The van der Waals surface area contributed by atoms with Crippen LogP contribution in [0.25, 0.3) is 10.6 Å². The topological polar surface area (TPSA) is 33.2 Å². The lowest BCUT2D eigenvalue weighted by Crippen LogP contribution is -2.33. The molecule has 0 bridgehead atoms. The standard InChI is InChI=1S/C14H16N2OS/c1-10(2)16(3)14(17)12-9-18-13(15-12)11-7-5-4-6-8-11/h4-10H,1-3H3. The maximum atomic E-state index is 12.1. The number of rotatable bonds is 3. The number of thiazole rings is 1. The maximum absolute atomic E-state index is 12.1. The number of benzene rings is 1. The van der Waals surface area contributed by atoms with Gasteiger partial charge in [0, 0.05) is 24.0 Å². The van der Waals surface area contributed by atoms with Gasteiger partial charge in [-0.15, -0.1) is 11.3 Å². The third-order valence-corrected chi connectivity index (χ3v) is 3.73. The summed E-state index contributed by atoms with van der Waals surface area (Å²) in [4.78, 5) is 18.2. The number of nitrogens with zero attached hydrogens (tertiary/aromatic N) is 2. The Labute approximate surface area is 111 Å². The summed E-state index contributed by atoms with van der Waals surface area (Å²) >= 11 is 1.50. The molecule has 0 aliphatic heterocycles. The van der Waals surface area contributed by atoms with Crippen molar-refractivity contribution in [1.29, 1.82) is 0 Å². The van der Waals surface area contributed by atoms with E-state index in [4.69, 9.17) is 0 Å². The average Bonchev–Trinajstić information content (AvgIpc) is 2.87. The van der Waals surface area contributed by atoms with Gasteiger partial charge in [0.05, 0.1) is 0 Å². The molecule has 4 heteroatoms. The monoisotopic (exact) mass is 260 g/mol. The molecule has 2 rings (SSSR count). The van der Waals surface area contributed by atoms with Gasteiger partial charge in [0.2, 0.25) is 0 Å². The van der Waals surface area contributed by atoms with E-state index in [9.17, 15) is 4.79 Å². The molecule has 18 heavy (non-hydrogen) atoms. The van der Waals surface area contributed by atoms with Crippen LogP contribution in [0.1, 0.15) is 24.3 Å². The van der Waals surface area contributed by atoms with Gasteiger partial charge in [-0.05, 0) is 13.8 Å². The van der Waals surface area contributed by atoms with E-state index < -0.39 is 0 Å². The number of amides is 1. The number of aromatic nitrogens is 1. The Morgan fingerprint density at radius 3 is 2.56 bits per heavy atom. The van der Waals surface area contributed by atoms with Gasteiger partial charge in [-0.25, -0.2) is 4.98 Å². The van der Waals surface area contributed by atoms with Crippen molar-refractivity contribution < 1.29 is 4.79 Å². The summed E-state index contributed by atoms with van der Waals surface area (Å²) < 4.78 is 0. The van der Waals surface area contributed by atoms with E-state index in [2.05, 4.69) is 4.98 Å². The largest absolute Gasteiger partial charge is 0.338 e. The molecule has 0 unspecified atom stereocenters. The molecular weight excluding hydrogens is 244 g/mol. The second-order valence-corrected chi connectivity index (χ2v) is 5.27. The Kier molecular flexibility index (Phi) is 3.77. The number of hydrogen-bond donors (Lipinski definition) is 0. The smallest absolute Gasteiger partial charge is 0.273 e. The maximum Gasteiger partial charge on any atom is 0.273 e. The van der Waals surface area contributed by atoms with Crippen molar-refractivity contribution in [1.82, 2.24) is 9.88 Å². The van der Waals surface area contributed by atoms with Crippen LogP contribution >= 0.6 is 11.3 Å². The molecule has 94 valence electrons. The Morgan fingerprint density at radius 2 is 1.94 bits per heavy atom. The third-order valence-electron chi connectivity index (χ3n) is 2.84. The molecule has 1 aromatic carbocycles. The molecular formula is C14H16N2OS. The number of carbonyl (C=O) groups is 1. The highest BCUT2D eigenvalue weighted by Gasteiger charge is 2.17. The molecule has 1 heterocycles. The minimum atomic E-state index is -0.0246. The van der Waals surface area contributed by atoms with Crippen LogP contribution < -0.4 is 0 Å². The van der Waals surface area contributed by atoms with Crippen molar-refractivity contribution in [2.75, 3.05) is 7.05 Å². The highest BCUT2D eigenvalue weighted by molar-refractivity contribution is 7.13. The highest BCUT2D eigenvalue weighted by Crippen LogP contribution is 2.23. The van der Waals surface area contributed by atoms with Crippen LogP contribution in [0.4, 0.5) is 0 Å². The molecule has 0 aliphatic rings. The quantitative estimate of drug-likeness (QED) is 0.848. The van der Waals surface area contributed by atoms with Crippen LogP contribution in [0.2, 0.25) is 0 Å². The highest BCUT2D eigenvalue weighted by atomic mass is 32.1.